The van der Waals surface area contributed by atoms with Crippen LogP contribution in [0.5, 0.6) is 5.75 Å². The van der Waals surface area contributed by atoms with Gasteiger partial charge in [-0.2, -0.15) is 0 Å². The van der Waals surface area contributed by atoms with E-state index >= 15 is 0 Å². The maximum absolute atomic E-state index is 12.2. The summed E-state index contributed by atoms with van der Waals surface area (Å²) in [6.45, 7) is 4.00. The van der Waals surface area contributed by atoms with Gasteiger partial charge in [0.05, 0.1) is 6.61 Å². The Morgan fingerprint density at radius 2 is 2.05 bits per heavy atom. The monoisotopic (exact) mass is 276 g/mol. The summed E-state index contributed by atoms with van der Waals surface area (Å²) in [5.41, 5.74) is 7.57. The lowest BCUT2D eigenvalue weighted by Gasteiger charge is -2.26. The highest BCUT2D eigenvalue weighted by Gasteiger charge is 2.17. The first-order valence-electron chi connectivity index (χ1n) is 7.49. The minimum Gasteiger partial charge on any atom is -0.494 e. The van der Waals surface area contributed by atoms with Gasteiger partial charge in [0.2, 0.25) is 5.91 Å². The molecule has 1 heterocycles. The lowest BCUT2D eigenvalue weighted by Crippen LogP contribution is -2.32. The smallest absolute Gasteiger partial charge is 0.222 e. The van der Waals surface area contributed by atoms with E-state index in [4.69, 9.17) is 10.5 Å². The predicted octanol–water partition coefficient (Wildman–Crippen LogP) is 2.96. The Balaban J connectivity index is 2.13. The second kappa shape index (κ2) is 7.17. The van der Waals surface area contributed by atoms with E-state index in [1.165, 1.54) is 12.8 Å². The highest BCUT2D eigenvalue weighted by atomic mass is 16.5. The van der Waals surface area contributed by atoms with Gasteiger partial charge in [0.25, 0.3) is 0 Å². The van der Waals surface area contributed by atoms with E-state index in [-0.39, 0.29) is 5.91 Å². The van der Waals surface area contributed by atoms with E-state index < -0.39 is 0 Å². The van der Waals surface area contributed by atoms with Crippen LogP contribution in [0, 0.1) is 0 Å². The molecule has 20 heavy (non-hydrogen) atoms. The van der Waals surface area contributed by atoms with Crippen LogP contribution in [0.15, 0.2) is 18.2 Å². The van der Waals surface area contributed by atoms with Crippen LogP contribution in [-0.2, 0) is 11.3 Å². The van der Waals surface area contributed by atoms with Gasteiger partial charge in [-0.05, 0) is 38.0 Å². The number of amides is 1. The normalized spacial score (nSPS) is 16.6. The number of benzene rings is 1. The van der Waals surface area contributed by atoms with Crippen molar-refractivity contribution >= 4 is 11.6 Å². The molecule has 1 amide bonds. The third-order valence-corrected chi connectivity index (χ3v) is 3.67. The van der Waals surface area contributed by atoms with Crippen LogP contribution in [0.1, 0.15) is 44.6 Å². The largest absolute Gasteiger partial charge is 0.494 e. The fraction of sp³-hybridized carbons (Fsp3) is 0.562. The topological polar surface area (TPSA) is 55.6 Å². The van der Waals surface area contributed by atoms with E-state index in [9.17, 15) is 4.79 Å². The Labute approximate surface area is 120 Å². The average Bonchev–Trinajstić information content (AvgIpc) is 2.41. The van der Waals surface area contributed by atoms with Crippen molar-refractivity contribution < 1.29 is 9.53 Å². The van der Waals surface area contributed by atoms with Crippen molar-refractivity contribution in [1.82, 2.24) is 4.90 Å². The first-order chi connectivity index (χ1) is 9.70. The van der Waals surface area contributed by atoms with Gasteiger partial charge in [0.1, 0.15) is 5.75 Å². The van der Waals surface area contributed by atoms with Crippen molar-refractivity contribution in [2.75, 3.05) is 18.9 Å². The van der Waals surface area contributed by atoms with Crippen LogP contribution in [0.3, 0.4) is 0 Å². The Morgan fingerprint density at radius 1 is 1.25 bits per heavy atom. The van der Waals surface area contributed by atoms with Crippen molar-refractivity contribution in [3.63, 3.8) is 0 Å². The highest BCUT2D eigenvalue weighted by molar-refractivity contribution is 5.76. The van der Waals surface area contributed by atoms with E-state index in [2.05, 4.69) is 0 Å². The molecule has 0 bridgehead atoms. The molecule has 1 aromatic carbocycles. The quantitative estimate of drug-likeness (QED) is 0.860. The fourth-order valence-corrected chi connectivity index (χ4v) is 2.61. The molecule has 1 aliphatic heterocycles. The molecule has 4 nitrogen and oxygen atoms in total. The summed E-state index contributed by atoms with van der Waals surface area (Å²) >= 11 is 0. The van der Waals surface area contributed by atoms with Crippen molar-refractivity contribution in [3.8, 4) is 5.75 Å². The van der Waals surface area contributed by atoms with Gasteiger partial charge in [-0.1, -0.05) is 12.8 Å². The molecular weight excluding hydrogens is 252 g/mol. The van der Waals surface area contributed by atoms with Gasteiger partial charge >= 0.3 is 0 Å². The maximum Gasteiger partial charge on any atom is 0.222 e. The molecule has 2 rings (SSSR count). The SMILES string of the molecule is CCOc1ccc(N)cc1CN1CCCCCCC1=O. The maximum atomic E-state index is 12.2. The van der Waals surface area contributed by atoms with Crippen LogP contribution in [-0.4, -0.2) is 24.0 Å². The standard InChI is InChI=1S/C16H24N2O2/c1-2-20-15-9-8-14(17)11-13(15)12-18-10-6-4-3-5-7-16(18)19/h8-9,11H,2-7,10,12,17H2,1H3. The second-order valence-electron chi connectivity index (χ2n) is 5.28. The number of anilines is 1. The number of likely N-dealkylation sites (tertiary alicyclic amines) is 1. The zero-order valence-electron chi connectivity index (χ0n) is 12.2. The van der Waals surface area contributed by atoms with E-state index in [0.717, 1.165) is 30.7 Å². The third-order valence-electron chi connectivity index (χ3n) is 3.67. The molecule has 1 saturated heterocycles. The van der Waals surface area contributed by atoms with Crippen LogP contribution in [0.25, 0.3) is 0 Å². The van der Waals surface area contributed by atoms with Crippen LogP contribution in [0.2, 0.25) is 0 Å². The number of hydrogen-bond acceptors (Lipinski definition) is 3. The molecule has 1 fully saturated rings. The summed E-state index contributed by atoms with van der Waals surface area (Å²) in [5, 5.41) is 0. The zero-order valence-corrected chi connectivity index (χ0v) is 12.2. The van der Waals surface area contributed by atoms with Crippen molar-refractivity contribution in [2.24, 2.45) is 0 Å². The molecule has 1 aliphatic rings. The first-order valence-corrected chi connectivity index (χ1v) is 7.49. The molecule has 4 heteroatoms. The lowest BCUT2D eigenvalue weighted by atomic mass is 10.1. The summed E-state index contributed by atoms with van der Waals surface area (Å²) in [7, 11) is 0. The van der Waals surface area contributed by atoms with Crippen molar-refractivity contribution in [2.45, 2.75) is 45.6 Å². The Morgan fingerprint density at radius 3 is 2.85 bits per heavy atom. The zero-order chi connectivity index (χ0) is 14.4. The van der Waals surface area contributed by atoms with E-state index in [0.29, 0.717) is 25.3 Å². The van der Waals surface area contributed by atoms with Crippen LogP contribution < -0.4 is 10.5 Å². The van der Waals surface area contributed by atoms with E-state index in [1.54, 1.807) is 0 Å². The number of nitrogens with zero attached hydrogens (tertiary/aromatic N) is 1. The Kier molecular flexibility index (Phi) is 5.27. The number of rotatable bonds is 4. The summed E-state index contributed by atoms with van der Waals surface area (Å²) in [6, 6.07) is 5.64. The predicted molar refractivity (Wildman–Crippen MR) is 80.5 cm³/mol. The molecule has 0 unspecified atom stereocenters. The molecule has 1 aromatic rings. The molecule has 110 valence electrons. The number of ether oxygens (including phenoxy) is 1. The number of nitrogen functional groups attached to an aromatic ring is 1. The third kappa shape index (κ3) is 3.89. The van der Waals surface area contributed by atoms with Crippen LogP contribution >= 0.6 is 0 Å². The Hall–Kier alpha value is -1.71. The van der Waals surface area contributed by atoms with Gasteiger partial charge in [0, 0.05) is 30.8 Å². The van der Waals surface area contributed by atoms with Crippen LogP contribution in [0.4, 0.5) is 5.69 Å². The number of carbonyl (C=O) groups is 1. The Bertz CT molecular complexity index is 460. The van der Waals surface area contributed by atoms with Gasteiger partial charge in [-0.15, -0.1) is 0 Å². The number of hydrogen-bond donors (Lipinski definition) is 1. The molecule has 0 spiro atoms. The fourth-order valence-electron chi connectivity index (χ4n) is 2.61. The summed E-state index contributed by atoms with van der Waals surface area (Å²) in [4.78, 5) is 14.1. The molecule has 0 atom stereocenters. The number of nitrogens with two attached hydrogens (primary N) is 1. The summed E-state index contributed by atoms with van der Waals surface area (Å²) in [5.74, 6) is 1.08. The average molecular weight is 276 g/mol. The minimum atomic E-state index is 0.245. The van der Waals surface area contributed by atoms with Gasteiger partial charge in [-0.3, -0.25) is 4.79 Å². The van der Waals surface area contributed by atoms with Gasteiger partial charge in [-0.25, -0.2) is 0 Å². The summed E-state index contributed by atoms with van der Waals surface area (Å²) < 4.78 is 5.63. The molecule has 0 radical (unpaired) electrons. The second-order valence-corrected chi connectivity index (χ2v) is 5.28. The minimum absolute atomic E-state index is 0.245. The van der Waals surface area contributed by atoms with Gasteiger partial charge in [0.15, 0.2) is 0 Å². The van der Waals surface area contributed by atoms with Crippen molar-refractivity contribution in [1.29, 1.82) is 0 Å². The number of carbonyl (C=O) groups excluding carboxylic acids is 1. The molecule has 0 aliphatic carbocycles. The van der Waals surface area contributed by atoms with E-state index in [1.807, 2.05) is 30.0 Å². The molecular formula is C16H24N2O2. The molecule has 2 N–H and O–H groups in total. The highest BCUT2D eigenvalue weighted by Crippen LogP contribution is 2.24. The molecule has 0 saturated carbocycles. The van der Waals surface area contributed by atoms with Gasteiger partial charge < -0.3 is 15.4 Å². The van der Waals surface area contributed by atoms with Crippen molar-refractivity contribution in [3.05, 3.63) is 23.8 Å². The first kappa shape index (κ1) is 14.7. The molecule has 0 aromatic heterocycles. The summed E-state index contributed by atoms with van der Waals surface area (Å²) in [6.07, 6.45) is 5.12. The lowest BCUT2D eigenvalue weighted by molar-refractivity contribution is -0.132.